The molecule has 1 aromatic heterocycles. The summed E-state index contributed by atoms with van der Waals surface area (Å²) < 4.78 is 1.57. The minimum atomic E-state index is -0.434. The van der Waals surface area contributed by atoms with E-state index in [1.165, 1.54) is 0 Å². The van der Waals surface area contributed by atoms with Crippen LogP contribution >= 0.6 is 11.6 Å². The van der Waals surface area contributed by atoms with Gasteiger partial charge in [0.25, 0.3) is 11.8 Å². The Morgan fingerprint density at radius 1 is 1.04 bits per heavy atom. The van der Waals surface area contributed by atoms with Crippen molar-refractivity contribution < 1.29 is 9.59 Å². The largest absolute Gasteiger partial charge is 0.352 e. The van der Waals surface area contributed by atoms with E-state index in [4.69, 9.17) is 11.6 Å². The van der Waals surface area contributed by atoms with Gasteiger partial charge in [0.15, 0.2) is 0 Å². The highest BCUT2D eigenvalue weighted by molar-refractivity contribution is 6.30. The predicted octanol–water partition coefficient (Wildman–Crippen LogP) is 3.23. The molecule has 0 atom stereocenters. The normalized spacial score (nSPS) is 10.5. The standard InChI is InChI=1S/C19H18ClN5O2/c1-3-21-18(26)13-4-8-15(9-5-13)23-19(27)17-22-12(2)25(24-17)16-10-6-14(20)7-11-16/h4-11H,3H2,1-2H3,(H,21,26)(H,23,27). The van der Waals surface area contributed by atoms with Crippen molar-refractivity contribution in [3.05, 3.63) is 70.8 Å². The van der Waals surface area contributed by atoms with E-state index in [9.17, 15) is 9.59 Å². The van der Waals surface area contributed by atoms with Gasteiger partial charge in [-0.3, -0.25) is 9.59 Å². The summed E-state index contributed by atoms with van der Waals surface area (Å²) in [7, 11) is 0. The number of nitrogens with one attached hydrogen (secondary N) is 2. The molecule has 0 aliphatic carbocycles. The smallest absolute Gasteiger partial charge is 0.295 e. The van der Waals surface area contributed by atoms with Gasteiger partial charge in [0.2, 0.25) is 5.82 Å². The highest BCUT2D eigenvalue weighted by Gasteiger charge is 2.16. The molecule has 0 saturated heterocycles. The van der Waals surface area contributed by atoms with Crippen molar-refractivity contribution in [2.45, 2.75) is 13.8 Å². The zero-order chi connectivity index (χ0) is 19.4. The maximum Gasteiger partial charge on any atom is 0.295 e. The maximum absolute atomic E-state index is 12.4. The number of anilines is 1. The van der Waals surface area contributed by atoms with Crippen LogP contribution in [0.1, 0.15) is 33.7 Å². The monoisotopic (exact) mass is 383 g/mol. The second-order valence-corrected chi connectivity index (χ2v) is 6.20. The lowest BCUT2D eigenvalue weighted by Crippen LogP contribution is -2.22. The molecular formula is C19H18ClN5O2. The molecule has 2 aromatic carbocycles. The number of benzene rings is 2. The van der Waals surface area contributed by atoms with Gasteiger partial charge in [-0.05, 0) is 62.4 Å². The molecule has 0 aliphatic rings. The first-order valence-corrected chi connectivity index (χ1v) is 8.75. The number of aromatic nitrogens is 3. The van der Waals surface area contributed by atoms with Crippen molar-refractivity contribution in [3.63, 3.8) is 0 Å². The van der Waals surface area contributed by atoms with Gasteiger partial charge in [0, 0.05) is 22.8 Å². The molecule has 0 fully saturated rings. The second kappa shape index (κ2) is 8.01. The molecule has 3 aromatic rings. The van der Waals surface area contributed by atoms with Gasteiger partial charge in [-0.15, -0.1) is 5.10 Å². The van der Waals surface area contributed by atoms with E-state index in [1.807, 2.05) is 6.92 Å². The van der Waals surface area contributed by atoms with Crippen molar-refractivity contribution in [3.8, 4) is 5.69 Å². The fourth-order valence-corrected chi connectivity index (χ4v) is 2.59. The summed E-state index contributed by atoms with van der Waals surface area (Å²) in [4.78, 5) is 28.4. The first kappa shape index (κ1) is 18.6. The van der Waals surface area contributed by atoms with Gasteiger partial charge in [-0.1, -0.05) is 11.6 Å². The van der Waals surface area contributed by atoms with E-state index >= 15 is 0 Å². The molecule has 7 nitrogen and oxygen atoms in total. The fourth-order valence-electron chi connectivity index (χ4n) is 2.47. The van der Waals surface area contributed by atoms with E-state index in [0.717, 1.165) is 5.69 Å². The maximum atomic E-state index is 12.4. The topological polar surface area (TPSA) is 88.9 Å². The van der Waals surface area contributed by atoms with Crippen LogP contribution < -0.4 is 10.6 Å². The van der Waals surface area contributed by atoms with Gasteiger partial charge in [-0.25, -0.2) is 9.67 Å². The molecule has 3 rings (SSSR count). The van der Waals surface area contributed by atoms with E-state index in [0.29, 0.717) is 28.6 Å². The van der Waals surface area contributed by atoms with Crippen LogP contribution in [-0.2, 0) is 0 Å². The summed E-state index contributed by atoms with van der Waals surface area (Å²) in [5.41, 5.74) is 1.83. The molecule has 27 heavy (non-hydrogen) atoms. The quantitative estimate of drug-likeness (QED) is 0.707. The Hall–Kier alpha value is -3.19. The Morgan fingerprint density at radius 3 is 2.33 bits per heavy atom. The van der Waals surface area contributed by atoms with E-state index < -0.39 is 5.91 Å². The Bertz CT molecular complexity index is 965. The molecular weight excluding hydrogens is 366 g/mol. The molecule has 0 spiro atoms. The van der Waals surface area contributed by atoms with Crippen molar-refractivity contribution in [1.29, 1.82) is 0 Å². The van der Waals surface area contributed by atoms with Crippen LogP contribution in [0.5, 0.6) is 0 Å². The van der Waals surface area contributed by atoms with Gasteiger partial charge < -0.3 is 10.6 Å². The lowest BCUT2D eigenvalue weighted by molar-refractivity contribution is 0.0955. The first-order chi connectivity index (χ1) is 13.0. The average molecular weight is 384 g/mol. The molecule has 0 unspecified atom stereocenters. The van der Waals surface area contributed by atoms with Crippen LogP contribution in [0.3, 0.4) is 0 Å². The highest BCUT2D eigenvalue weighted by Crippen LogP contribution is 2.15. The molecule has 8 heteroatoms. The summed E-state index contributed by atoms with van der Waals surface area (Å²) >= 11 is 5.90. The lowest BCUT2D eigenvalue weighted by atomic mass is 10.2. The van der Waals surface area contributed by atoms with Crippen LogP contribution in [0.15, 0.2) is 48.5 Å². The second-order valence-electron chi connectivity index (χ2n) is 5.76. The SMILES string of the molecule is CCNC(=O)c1ccc(NC(=O)c2nc(C)n(-c3ccc(Cl)cc3)n2)cc1. The molecule has 0 aliphatic heterocycles. The van der Waals surface area contributed by atoms with Gasteiger partial charge >= 0.3 is 0 Å². The van der Waals surface area contributed by atoms with Crippen LogP contribution in [0.2, 0.25) is 5.02 Å². The Balaban J connectivity index is 1.74. The Kier molecular flexibility index (Phi) is 5.52. The van der Waals surface area contributed by atoms with Crippen molar-refractivity contribution >= 4 is 29.1 Å². The summed E-state index contributed by atoms with van der Waals surface area (Å²) in [6.45, 7) is 4.17. The number of carbonyl (C=O) groups excluding carboxylic acids is 2. The molecule has 0 radical (unpaired) electrons. The van der Waals surface area contributed by atoms with Gasteiger partial charge in [0.05, 0.1) is 5.69 Å². The third-order valence-electron chi connectivity index (χ3n) is 3.79. The number of rotatable bonds is 5. The van der Waals surface area contributed by atoms with Crippen LogP contribution in [0.25, 0.3) is 5.69 Å². The minimum Gasteiger partial charge on any atom is -0.352 e. The zero-order valence-electron chi connectivity index (χ0n) is 14.9. The fraction of sp³-hybridized carbons (Fsp3) is 0.158. The van der Waals surface area contributed by atoms with Crippen molar-refractivity contribution in [1.82, 2.24) is 20.1 Å². The average Bonchev–Trinajstić information content (AvgIpc) is 3.05. The molecule has 0 bridgehead atoms. The van der Waals surface area contributed by atoms with Crippen LogP contribution in [0.4, 0.5) is 5.69 Å². The highest BCUT2D eigenvalue weighted by atomic mass is 35.5. The van der Waals surface area contributed by atoms with Crippen LogP contribution in [-0.4, -0.2) is 33.1 Å². The molecule has 1 heterocycles. The predicted molar refractivity (Wildman–Crippen MR) is 104 cm³/mol. The van der Waals surface area contributed by atoms with Gasteiger partial charge in [0.1, 0.15) is 5.82 Å². The number of nitrogens with zero attached hydrogens (tertiary/aromatic N) is 3. The lowest BCUT2D eigenvalue weighted by Gasteiger charge is -2.05. The van der Waals surface area contributed by atoms with Gasteiger partial charge in [-0.2, -0.15) is 0 Å². The molecule has 2 amide bonds. The van der Waals surface area contributed by atoms with E-state index in [-0.39, 0.29) is 11.7 Å². The summed E-state index contributed by atoms with van der Waals surface area (Å²) in [5.74, 6) is 0.0373. The third-order valence-corrected chi connectivity index (χ3v) is 4.04. The van der Waals surface area contributed by atoms with Crippen molar-refractivity contribution in [2.75, 3.05) is 11.9 Å². The minimum absolute atomic E-state index is 0.0512. The molecule has 2 N–H and O–H groups in total. The van der Waals surface area contributed by atoms with Crippen molar-refractivity contribution in [2.24, 2.45) is 0 Å². The first-order valence-electron chi connectivity index (χ1n) is 8.37. The number of halogens is 1. The number of hydrogen-bond acceptors (Lipinski definition) is 4. The molecule has 138 valence electrons. The van der Waals surface area contributed by atoms with E-state index in [1.54, 1.807) is 60.1 Å². The van der Waals surface area contributed by atoms with E-state index in [2.05, 4.69) is 20.7 Å². The summed E-state index contributed by atoms with van der Waals surface area (Å²) in [5, 5.41) is 10.3. The number of carbonyl (C=O) groups is 2. The summed E-state index contributed by atoms with van der Waals surface area (Å²) in [6, 6.07) is 13.7. The zero-order valence-corrected chi connectivity index (χ0v) is 15.6. The number of hydrogen-bond donors (Lipinski definition) is 2. The summed E-state index contributed by atoms with van der Waals surface area (Å²) in [6.07, 6.45) is 0. The number of amides is 2. The Labute approximate surface area is 161 Å². The van der Waals surface area contributed by atoms with Crippen LogP contribution in [0, 0.1) is 6.92 Å². The third kappa shape index (κ3) is 4.32. The molecule has 0 saturated carbocycles. The number of aryl methyl sites for hydroxylation is 1. The Morgan fingerprint density at radius 2 is 1.70 bits per heavy atom.